The van der Waals surface area contributed by atoms with Crippen molar-refractivity contribution in [2.75, 3.05) is 13.2 Å². The Morgan fingerprint density at radius 2 is 1.93 bits per heavy atom. The van der Waals surface area contributed by atoms with Crippen molar-refractivity contribution in [3.8, 4) is 5.75 Å². The van der Waals surface area contributed by atoms with Crippen molar-refractivity contribution in [2.24, 2.45) is 0 Å². The molecule has 0 fully saturated rings. The van der Waals surface area contributed by atoms with Gasteiger partial charge in [-0.2, -0.15) is 0 Å². The molecule has 0 saturated heterocycles. The predicted octanol–water partition coefficient (Wildman–Crippen LogP) is 4.19. The first-order valence-electron chi connectivity index (χ1n) is 8.97. The van der Waals surface area contributed by atoms with Gasteiger partial charge < -0.3 is 14.3 Å². The van der Waals surface area contributed by atoms with E-state index in [-0.39, 0.29) is 6.61 Å². The topological polar surface area (TPSA) is 62.9 Å². The zero-order chi connectivity index (χ0) is 19.8. The fraction of sp³-hybridized carbons (Fsp3) is 0.227. The number of aldehydes is 1. The molecule has 0 aliphatic heterocycles. The first-order chi connectivity index (χ1) is 13.6. The van der Waals surface area contributed by atoms with Crippen molar-refractivity contribution in [3.05, 3.63) is 88.8 Å². The van der Waals surface area contributed by atoms with Crippen LogP contribution in [0.25, 0.3) is 0 Å². The summed E-state index contributed by atoms with van der Waals surface area (Å²) in [5.41, 5.74) is 1.63. The fourth-order valence-corrected chi connectivity index (χ4v) is 3.10. The van der Waals surface area contributed by atoms with E-state index >= 15 is 0 Å². The van der Waals surface area contributed by atoms with Crippen LogP contribution in [0.1, 0.15) is 21.7 Å². The summed E-state index contributed by atoms with van der Waals surface area (Å²) in [4.78, 5) is 12.8. The van der Waals surface area contributed by atoms with Crippen molar-refractivity contribution >= 4 is 17.9 Å². The highest BCUT2D eigenvalue weighted by Gasteiger charge is 2.15. The number of carbonyl (C=O) groups is 1. The maximum Gasteiger partial charge on any atom is 0.150 e. The van der Waals surface area contributed by atoms with E-state index in [2.05, 4.69) is 4.90 Å². The van der Waals surface area contributed by atoms with Gasteiger partial charge in [-0.15, -0.1) is 0 Å². The minimum absolute atomic E-state index is 0.143. The molecule has 1 atom stereocenters. The van der Waals surface area contributed by atoms with E-state index in [0.29, 0.717) is 36.0 Å². The standard InChI is InChI=1S/C22H22ClNO4/c23-19-4-1-3-18(11-19)12-24(14-22-5-2-10-27-22)13-20(26)16-28-21-8-6-17(15-25)7-9-21/h1-11,15,20,26H,12-14,16H2. The molecule has 3 aromatic rings. The van der Waals surface area contributed by atoms with E-state index in [1.54, 1.807) is 30.5 Å². The Hall–Kier alpha value is -2.60. The Morgan fingerprint density at radius 1 is 1.11 bits per heavy atom. The third kappa shape index (κ3) is 6.23. The summed E-state index contributed by atoms with van der Waals surface area (Å²) in [7, 11) is 0. The average Bonchev–Trinajstić information content (AvgIpc) is 3.20. The van der Waals surface area contributed by atoms with E-state index in [1.165, 1.54) is 0 Å². The number of aliphatic hydroxyl groups excluding tert-OH is 1. The van der Waals surface area contributed by atoms with Crippen LogP contribution in [0.2, 0.25) is 5.02 Å². The number of hydrogen-bond acceptors (Lipinski definition) is 5. The number of aliphatic hydroxyl groups is 1. The van der Waals surface area contributed by atoms with Gasteiger partial charge in [-0.25, -0.2) is 0 Å². The Kier molecular flexibility index (Phi) is 7.25. The molecule has 0 amide bonds. The smallest absolute Gasteiger partial charge is 0.150 e. The van der Waals surface area contributed by atoms with Crippen LogP contribution in [-0.4, -0.2) is 35.5 Å². The Morgan fingerprint density at radius 3 is 2.61 bits per heavy atom. The molecule has 1 aromatic heterocycles. The molecular weight excluding hydrogens is 378 g/mol. The highest BCUT2D eigenvalue weighted by Crippen LogP contribution is 2.16. The molecule has 0 saturated carbocycles. The number of ether oxygens (including phenoxy) is 1. The monoisotopic (exact) mass is 399 g/mol. The van der Waals surface area contributed by atoms with Crippen molar-refractivity contribution in [1.29, 1.82) is 0 Å². The van der Waals surface area contributed by atoms with Gasteiger partial charge in [0.1, 0.15) is 30.5 Å². The number of rotatable bonds is 10. The number of carbonyl (C=O) groups excluding carboxylic acids is 1. The Balaban J connectivity index is 1.59. The second-order valence-electron chi connectivity index (χ2n) is 6.53. The first kappa shape index (κ1) is 20.1. The Labute approximate surface area is 169 Å². The number of halogens is 1. The lowest BCUT2D eigenvalue weighted by Crippen LogP contribution is -2.35. The molecule has 1 N–H and O–H groups in total. The van der Waals surface area contributed by atoms with Crippen LogP contribution < -0.4 is 4.74 Å². The number of hydrogen-bond donors (Lipinski definition) is 1. The number of furan rings is 1. The molecule has 0 aliphatic carbocycles. The molecule has 0 spiro atoms. The fourth-order valence-electron chi connectivity index (χ4n) is 2.89. The first-order valence-corrected chi connectivity index (χ1v) is 9.35. The second-order valence-corrected chi connectivity index (χ2v) is 6.97. The zero-order valence-electron chi connectivity index (χ0n) is 15.3. The lowest BCUT2D eigenvalue weighted by molar-refractivity contribution is 0.0604. The normalized spacial score (nSPS) is 12.1. The molecule has 146 valence electrons. The van der Waals surface area contributed by atoms with Crippen molar-refractivity contribution in [3.63, 3.8) is 0 Å². The third-order valence-electron chi connectivity index (χ3n) is 4.18. The van der Waals surface area contributed by atoms with Gasteiger partial charge in [0.2, 0.25) is 0 Å². The minimum Gasteiger partial charge on any atom is -0.491 e. The number of nitrogens with zero attached hydrogens (tertiary/aromatic N) is 1. The SMILES string of the molecule is O=Cc1ccc(OCC(O)CN(Cc2cccc(Cl)c2)Cc2ccco2)cc1. The van der Waals surface area contributed by atoms with Gasteiger partial charge in [-0.05, 0) is 54.1 Å². The highest BCUT2D eigenvalue weighted by molar-refractivity contribution is 6.30. The summed E-state index contributed by atoms with van der Waals surface area (Å²) >= 11 is 6.09. The summed E-state index contributed by atoms with van der Waals surface area (Å²) in [6.07, 6.45) is 1.72. The van der Waals surface area contributed by atoms with Gasteiger partial charge in [0, 0.05) is 23.7 Å². The summed E-state index contributed by atoms with van der Waals surface area (Å²) in [5.74, 6) is 1.43. The van der Waals surface area contributed by atoms with Crippen molar-refractivity contribution in [2.45, 2.75) is 19.2 Å². The van der Waals surface area contributed by atoms with Crippen LogP contribution in [0.15, 0.2) is 71.3 Å². The van der Waals surface area contributed by atoms with E-state index in [0.717, 1.165) is 17.6 Å². The van der Waals surface area contributed by atoms with Gasteiger partial charge >= 0.3 is 0 Å². The molecule has 6 heteroatoms. The highest BCUT2D eigenvalue weighted by atomic mass is 35.5. The minimum atomic E-state index is -0.695. The predicted molar refractivity (Wildman–Crippen MR) is 108 cm³/mol. The van der Waals surface area contributed by atoms with Gasteiger partial charge in [-0.1, -0.05) is 23.7 Å². The number of benzene rings is 2. The van der Waals surface area contributed by atoms with Crippen LogP contribution in [-0.2, 0) is 13.1 Å². The van der Waals surface area contributed by atoms with E-state index in [1.807, 2.05) is 36.4 Å². The van der Waals surface area contributed by atoms with Gasteiger partial charge in [-0.3, -0.25) is 9.69 Å². The summed E-state index contributed by atoms with van der Waals surface area (Å²) < 4.78 is 11.1. The zero-order valence-corrected chi connectivity index (χ0v) is 16.1. The summed E-state index contributed by atoms with van der Waals surface area (Å²) in [6, 6.07) is 18.2. The van der Waals surface area contributed by atoms with Crippen LogP contribution >= 0.6 is 11.6 Å². The summed E-state index contributed by atoms with van der Waals surface area (Å²) in [5, 5.41) is 11.1. The molecule has 5 nitrogen and oxygen atoms in total. The maximum atomic E-state index is 10.7. The van der Waals surface area contributed by atoms with Crippen LogP contribution in [0.3, 0.4) is 0 Å². The summed E-state index contributed by atoms with van der Waals surface area (Å²) in [6.45, 7) is 1.72. The van der Waals surface area contributed by atoms with Crippen molar-refractivity contribution < 1.29 is 19.1 Å². The quantitative estimate of drug-likeness (QED) is 0.518. The van der Waals surface area contributed by atoms with E-state index in [9.17, 15) is 9.90 Å². The molecule has 1 heterocycles. The molecule has 2 aromatic carbocycles. The molecular formula is C22H22ClNO4. The molecule has 1 unspecified atom stereocenters. The maximum absolute atomic E-state index is 10.7. The molecule has 3 rings (SSSR count). The van der Waals surface area contributed by atoms with E-state index in [4.69, 9.17) is 20.8 Å². The lowest BCUT2D eigenvalue weighted by atomic mass is 10.2. The van der Waals surface area contributed by atoms with Crippen LogP contribution in [0.5, 0.6) is 5.75 Å². The van der Waals surface area contributed by atoms with Crippen molar-refractivity contribution in [1.82, 2.24) is 4.90 Å². The van der Waals surface area contributed by atoms with Gasteiger partial charge in [0.15, 0.2) is 0 Å². The molecule has 28 heavy (non-hydrogen) atoms. The van der Waals surface area contributed by atoms with Gasteiger partial charge in [0.05, 0.1) is 12.8 Å². The van der Waals surface area contributed by atoms with E-state index < -0.39 is 6.10 Å². The van der Waals surface area contributed by atoms with Crippen LogP contribution in [0.4, 0.5) is 0 Å². The lowest BCUT2D eigenvalue weighted by Gasteiger charge is -2.24. The molecule has 0 bridgehead atoms. The van der Waals surface area contributed by atoms with Gasteiger partial charge in [0.25, 0.3) is 0 Å². The third-order valence-corrected chi connectivity index (χ3v) is 4.42. The molecule has 0 radical (unpaired) electrons. The Bertz CT molecular complexity index is 865. The molecule has 0 aliphatic rings. The largest absolute Gasteiger partial charge is 0.491 e. The van der Waals surface area contributed by atoms with Crippen LogP contribution in [0, 0.1) is 0 Å². The second kappa shape index (κ2) is 10.1. The average molecular weight is 400 g/mol.